The summed E-state index contributed by atoms with van der Waals surface area (Å²) in [5.41, 5.74) is 1.59. The number of carbonyl (C=O) groups excluding carboxylic acids is 1. The van der Waals surface area contributed by atoms with Crippen LogP contribution in [0.15, 0.2) is 40.9 Å². The van der Waals surface area contributed by atoms with Crippen molar-refractivity contribution in [1.29, 1.82) is 0 Å². The molecule has 0 radical (unpaired) electrons. The van der Waals surface area contributed by atoms with Crippen LogP contribution >= 0.6 is 0 Å². The second-order valence-corrected chi connectivity index (χ2v) is 5.95. The summed E-state index contributed by atoms with van der Waals surface area (Å²) < 4.78 is 10.1. The van der Waals surface area contributed by atoms with Crippen molar-refractivity contribution in [3.63, 3.8) is 0 Å². The molecule has 21 heavy (non-hydrogen) atoms. The molecule has 1 aromatic heterocycles. The van der Waals surface area contributed by atoms with Gasteiger partial charge in [0.1, 0.15) is 0 Å². The molecule has 0 unspecified atom stereocenters. The number of hydrogen-bond donors (Lipinski definition) is 1. The van der Waals surface area contributed by atoms with Crippen LogP contribution < -0.4 is 10.1 Å². The van der Waals surface area contributed by atoms with E-state index in [1.807, 2.05) is 58.0 Å². The summed E-state index contributed by atoms with van der Waals surface area (Å²) in [4.78, 5) is 11.8. The zero-order valence-corrected chi connectivity index (χ0v) is 12.7. The Kier molecular flexibility index (Phi) is 4.31. The Balaban J connectivity index is 1.94. The maximum atomic E-state index is 11.8. The average Bonchev–Trinajstić information content (AvgIpc) is 2.88. The molecule has 0 aliphatic heterocycles. The van der Waals surface area contributed by atoms with Gasteiger partial charge in [-0.15, -0.1) is 0 Å². The Morgan fingerprint density at radius 1 is 1.29 bits per heavy atom. The predicted molar refractivity (Wildman–Crippen MR) is 79.2 cm³/mol. The third-order valence-corrected chi connectivity index (χ3v) is 3.08. The molecule has 2 rings (SSSR count). The van der Waals surface area contributed by atoms with Gasteiger partial charge in [-0.25, -0.2) is 4.79 Å². The molecule has 5 nitrogen and oxygen atoms in total. The van der Waals surface area contributed by atoms with Gasteiger partial charge in [0.05, 0.1) is 11.7 Å². The number of hydrogen-bond acceptors (Lipinski definition) is 4. The Bertz CT molecular complexity index is 599. The number of carbonyl (C=O) groups is 1. The van der Waals surface area contributed by atoms with Gasteiger partial charge in [0.15, 0.2) is 0 Å². The molecule has 1 atom stereocenters. The monoisotopic (exact) mass is 288 g/mol. The summed E-state index contributed by atoms with van der Waals surface area (Å²) in [5, 5.41) is 6.64. The molecule has 1 heterocycles. The minimum absolute atomic E-state index is 0.0951. The van der Waals surface area contributed by atoms with E-state index in [-0.39, 0.29) is 17.4 Å². The highest BCUT2D eigenvalue weighted by molar-refractivity contribution is 5.70. The SMILES string of the molecule is C[C@H](NC(=O)Oc1cc(C(C)(C)C)no1)c1ccccc1. The Hall–Kier alpha value is -2.30. The van der Waals surface area contributed by atoms with E-state index in [1.165, 1.54) is 0 Å². The number of nitrogens with zero attached hydrogens (tertiary/aromatic N) is 1. The summed E-state index contributed by atoms with van der Waals surface area (Å²) in [6.45, 7) is 7.90. The van der Waals surface area contributed by atoms with E-state index >= 15 is 0 Å². The third kappa shape index (κ3) is 4.08. The quantitative estimate of drug-likeness (QED) is 0.932. The van der Waals surface area contributed by atoms with E-state index in [0.29, 0.717) is 0 Å². The second-order valence-electron chi connectivity index (χ2n) is 5.95. The molecule has 0 aliphatic rings. The Morgan fingerprint density at radius 3 is 2.52 bits per heavy atom. The molecule has 112 valence electrons. The first-order valence-corrected chi connectivity index (χ1v) is 6.87. The van der Waals surface area contributed by atoms with E-state index in [4.69, 9.17) is 9.26 Å². The largest absolute Gasteiger partial charge is 0.415 e. The lowest BCUT2D eigenvalue weighted by Gasteiger charge is -2.13. The maximum absolute atomic E-state index is 11.8. The number of nitrogens with one attached hydrogen (secondary N) is 1. The van der Waals surface area contributed by atoms with Gasteiger partial charge in [-0.3, -0.25) is 0 Å². The molecule has 2 aromatic rings. The van der Waals surface area contributed by atoms with E-state index in [0.717, 1.165) is 11.3 Å². The first kappa shape index (κ1) is 15.1. The van der Waals surface area contributed by atoms with Crippen LogP contribution in [0.5, 0.6) is 5.95 Å². The topological polar surface area (TPSA) is 64.4 Å². The summed E-state index contributed by atoms with van der Waals surface area (Å²) in [7, 11) is 0. The lowest BCUT2D eigenvalue weighted by molar-refractivity contribution is 0.177. The zero-order valence-electron chi connectivity index (χ0n) is 12.7. The fourth-order valence-corrected chi connectivity index (χ4v) is 1.78. The number of aromatic nitrogens is 1. The van der Waals surface area contributed by atoms with Crippen LogP contribution in [0.2, 0.25) is 0 Å². The van der Waals surface area contributed by atoms with Gasteiger partial charge in [0.2, 0.25) is 0 Å². The van der Waals surface area contributed by atoms with Gasteiger partial charge in [-0.1, -0.05) is 56.3 Å². The number of benzene rings is 1. The second kappa shape index (κ2) is 5.99. The highest BCUT2D eigenvalue weighted by atomic mass is 16.7. The van der Waals surface area contributed by atoms with E-state index in [1.54, 1.807) is 6.07 Å². The van der Waals surface area contributed by atoms with Crippen molar-refractivity contribution >= 4 is 6.09 Å². The highest BCUT2D eigenvalue weighted by Crippen LogP contribution is 2.25. The van der Waals surface area contributed by atoms with Crippen LogP contribution in [-0.4, -0.2) is 11.2 Å². The van der Waals surface area contributed by atoms with Crippen molar-refractivity contribution in [1.82, 2.24) is 10.5 Å². The van der Waals surface area contributed by atoms with Crippen LogP contribution in [0.1, 0.15) is 45.0 Å². The predicted octanol–water partition coefficient (Wildman–Crippen LogP) is 3.82. The minimum Gasteiger partial charge on any atom is -0.374 e. The van der Waals surface area contributed by atoms with Gasteiger partial charge >= 0.3 is 12.0 Å². The molecule has 0 aliphatic carbocycles. The molecule has 1 aromatic carbocycles. The van der Waals surface area contributed by atoms with Crippen LogP contribution in [0.4, 0.5) is 4.79 Å². The summed E-state index contributed by atoms with van der Waals surface area (Å²) in [6.07, 6.45) is -0.567. The molecule has 5 heteroatoms. The first-order chi connectivity index (χ1) is 9.86. The lowest BCUT2D eigenvalue weighted by Crippen LogP contribution is -2.29. The Labute approximate surface area is 124 Å². The van der Waals surface area contributed by atoms with Crippen molar-refractivity contribution in [2.24, 2.45) is 0 Å². The molecule has 0 saturated carbocycles. The average molecular weight is 288 g/mol. The van der Waals surface area contributed by atoms with Crippen molar-refractivity contribution in [3.8, 4) is 5.95 Å². The van der Waals surface area contributed by atoms with E-state index in [9.17, 15) is 4.79 Å². The number of ether oxygens (including phenoxy) is 1. The van der Waals surface area contributed by atoms with Crippen molar-refractivity contribution < 1.29 is 14.1 Å². The van der Waals surface area contributed by atoms with Gasteiger partial charge in [-0.05, 0) is 12.5 Å². The molecule has 1 amide bonds. The standard InChI is InChI=1S/C16H20N2O3/c1-11(12-8-6-5-7-9-12)17-15(19)20-14-10-13(18-21-14)16(2,3)4/h5-11H,1-4H3,(H,17,19)/t11-/m0/s1. The smallest absolute Gasteiger partial charge is 0.374 e. The van der Waals surface area contributed by atoms with Crippen LogP contribution in [0.3, 0.4) is 0 Å². The van der Waals surface area contributed by atoms with Crippen LogP contribution in [0, 0.1) is 0 Å². The van der Waals surface area contributed by atoms with Gasteiger partial charge in [-0.2, -0.15) is 0 Å². The van der Waals surface area contributed by atoms with Gasteiger partial charge in [0, 0.05) is 11.5 Å². The minimum atomic E-state index is -0.567. The molecular formula is C16H20N2O3. The lowest BCUT2D eigenvalue weighted by atomic mass is 9.93. The van der Waals surface area contributed by atoms with Crippen LogP contribution in [0.25, 0.3) is 0 Å². The fraction of sp³-hybridized carbons (Fsp3) is 0.375. The molecular weight excluding hydrogens is 268 g/mol. The molecule has 0 saturated heterocycles. The highest BCUT2D eigenvalue weighted by Gasteiger charge is 2.21. The summed E-state index contributed by atoms with van der Waals surface area (Å²) in [5.74, 6) is 0.0951. The third-order valence-electron chi connectivity index (χ3n) is 3.08. The van der Waals surface area contributed by atoms with Gasteiger partial charge in [0.25, 0.3) is 0 Å². The number of amides is 1. The normalized spacial score (nSPS) is 12.8. The fourth-order valence-electron chi connectivity index (χ4n) is 1.78. The van der Waals surface area contributed by atoms with Crippen molar-refractivity contribution in [3.05, 3.63) is 47.7 Å². The molecule has 0 fully saturated rings. The maximum Gasteiger partial charge on any atom is 0.415 e. The van der Waals surface area contributed by atoms with E-state index in [2.05, 4.69) is 10.5 Å². The van der Waals surface area contributed by atoms with Gasteiger partial charge < -0.3 is 14.6 Å². The van der Waals surface area contributed by atoms with E-state index < -0.39 is 6.09 Å². The summed E-state index contributed by atoms with van der Waals surface area (Å²) in [6, 6.07) is 11.1. The van der Waals surface area contributed by atoms with Crippen molar-refractivity contribution in [2.45, 2.75) is 39.2 Å². The molecule has 1 N–H and O–H groups in total. The number of rotatable bonds is 3. The van der Waals surface area contributed by atoms with Crippen molar-refractivity contribution in [2.75, 3.05) is 0 Å². The Morgan fingerprint density at radius 2 is 1.95 bits per heavy atom. The zero-order chi connectivity index (χ0) is 15.5. The molecule has 0 bridgehead atoms. The van der Waals surface area contributed by atoms with Crippen LogP contribution in [-0.2, 0) is 5.41 Å². The molecule has 0 spiro atoms. The summed E-state index contributed by atoms with van der Waals surface area (Å²) >= 11 is 0. The first-order valence-electron chi connectivity index (χ1n) is 6.87.